The third-order valence-corrected chi connectivity index (χ3v) is 4.32. The van der Waals surface area contributed by atoms with Gasteiger partial charge in [0.1, 0.15) is 0 Å². The van der Waals surface area contributed by atoms with Gasteiger partial charge in [0.05, 0.1) is 0 Å². The summed E-state index contributed by atoms with van der Waals surface area (Å²) in [6, 6.07) is 9.19. The molecule has 0 spiro atoms. The van der Waals surface area contributed by atoms with Crippen molar-refractivity contribution < 1.29 is 0 Å². The topological polar surface area (TPSA) is 12.0 Å². The quantitative estimate of drug-likeness (QED) is 0.771. The van der Waals surface area contributed by atoms with E-state index in [0.717, 1.165) is 0 Å². The van der Waals surface area contributed by atoms with Gasteiger partial charge in [0.2, 0.25) is 0 Å². The van der Waals surface area contributed by atoms with E-state index in [9.17, 15) is 0 Å². The van der Waals surface area contributed by atoms with Crippen molar-refractivity contribution in [1.82, 2.24) is 5.32 Å². The molecule has 2 atom stereocenters. The van der Waals surface area contributed by atoms with Crippen molar-refractivity contribution in [2.45, 2.75) is 60.0 Å². The van der Waals surface area contributed by atoms with E-state index < -0.39 is 0 Å². The number of hydrogen-bond acceptors (Lipinski definition) is 1. The molecule has 0 saturated carbocycles. The summed E-state index contributed by atoms with van der Waals surface area (Å²) in [5.74, 6) is 0.507. The molecule has 0 fully saturated rings. The van der Waals surface area contributed by atoms with Crippen molar-refractivity contribution in [2.24, 2.45) is 5.92 Å². The van der Waals surface area contributed by atoms with Crippen LogP contribution in [0.2, 0.25) is 0 Å². The fourth-order valence-corrected chi connectivity index (χ4v) is 3.43. The van der Waals surface area contributed by atoms with Gasteiger partial charge in [-0.3, -0.25) is 0 Å². The van der Waals surface area contributed by atoms with Crippen molar-refractivity contribution in [3.8, 4) is 0 Å². The second-order valence-electron chi connectivity index (χ2n) is 7.38. The number of hydrogen-bond donors (Lipinski definition) is 1. The Morgan fingerprint density at radius 1 is 1.10 bits per heavy atom. The van der Waals surface area contributed by atoms with Crippen molar-refractivity contribution in [3.63, 3.8) is 0 Å². The number of nitrogens with one attached hydrogen (secondary N) is 1. The molecule has 2 unspecified atom stereocenters. The second-order valence-corrected chi connectivity index (χ2v) is 7.38. The molecule has 0 aliphatic heterocycles. The first-order valence-electron chi connectivity index (χ1n) is 7.97. The van der Waals surface area contributed by atoms with Crippen LogP contribution in [0.5, 0.6) is 0 Å². The fourth-order valence-electron chi connectivity index (χ4n) is 3.43. The fraction of sp³-hybridized carbons (Fsp3) is 0.500. The van der Waals surface area contributed by atoms with Crippen LogP contribution in [-0.4, -0.2) is 5.54 Å². The zero-order chi connectivity index (χ0) is 15.8. The average molecular weight is 283 g/mol. The number of allylic oxidation sites excluding steroid dienone is 4. The maximum atomic E-state index is 3.70. The van der Waals surface area contributed by atoms with E-state index in [1.165, 1.54) is 27.8 Å². The van der Waals surface area contributed by atoms with Crippen LogP contribution >= 0.6 is 0 Å². The van der Waals surface area contributed by atoms with Crippen LogP contribution in [0.3, 0.4) is 0 Å². The summed E-state index contributed by atoms with van der Waals surface area (Å²) in [6.07, 6.45) is 2.38. The van der Waals surface area contributed by atoms with E-state index in [-0.39, 0.29) is 5.54 Å². The Hall–Kier alpha value is -1.34. The molecule has 21 heavy (non-hydrogen) atoms. The van der Waals surface area contributed by atoms with E-state index in [4.69, 9.17) is 0 Å². The van der Waals surface area contributed by atoms with Gasteiger partial charge >= 0.3 is 0 Å². The zero-order valence-corrected chi connectivity index (χ0v) is 14.5. The monoisotopic (exact) mass is 283 g/mol. The summed E-state index contributed by atoms with van der Waals surface area (Å²) in [7, 11) is 0. The van der Waals surface area contributed by atoms with Gasteiger partial charge in [-0.2, -0.15) is 0 Å². The predicted molar refractivity (Wildman–Crippen MR) is 93.3 cm³/mol. The first-order valence-corrected chi connectivity index (χ1v) is 7.97. The van der Waals surface area contributed by atoms with Crippen molar-refractivity contribution in [3.05, 3.63) is 52.6 Å². The molecule has 0 bridgehead atoms. The molecule has 0 amide bonds. The molecule has 1 aliphatic carbocycles. The van der Waals surface area contributed by atoms with Gasteiger partial charge in [0.25, 0.3) is 0 Å². The summed E-state index contributed by atoms with van der Waals surface area (Å²) >= 11 is 0. The van der Waals surface area contributed by atoms with Crippen LogP contribution in [0.4, 0.5) is 0 Å². The smallest absolute Gasteiger partial charge is 0.0302 e. The predicted octanol–water partition coefficient (Wildman–Crippen LogP) is 5.51. The lowest BCUT2D eigenvalue weighted by molar-refractivity contribution is 0.378. The maximum Gasteiger partial charge on any atom is 0.0302 e. The highest BCUT2D eigenvalue weighted by molar-refractivity contribution is 5.79. The molecule has 0 aromatic heterocycles. The van der Waals surface area contributed by atoms with Crippen LogP contribution in [0.15, 0.2) is 41.5 Å². The Morgan fingerprint density at radius 3 is 2.24 bits per heavy atom. The zero-order valence-electron chi connectivity index (χ0n) is 14.5. The highest BCUT2D eigenvalue weighted by Crippen LogP contribution is 2.40. The minimum absolute atomic E-state index is 0.116. The molecule has 0 radical (unpaired) electrons. The third-order valence-electron chi connectivity index (χ3n) is 4.32. The lowest BCUT2D eigenvalue weighted by atomic mass is 9.88. The van der Waals surface area contributed by atoms with Crippen molar-refractivity contribution in [1.29, 1.82) is 0 Å². The Kier molecular flexibility index (Phi) is 4.43. The van der Waals surface area contributed by atoms with Gasteiger partial charge in [-0.25, -0.2) is 0 Å². The van der Waals surface area contributed by atoms with E-state index in [2.05, 4.69) is 84.1 Å². The van der Waals surface area contributed by atoms with Gasteiger partial charge in [-0.05, 0) is 63.8 Å². The SMILES string of the molecule is CC1=CC(C)C(c2ccccc2C(C)NC(C)(C)C)=C1C. The lowest BCUT2D eigenvalue weighted by Gasteiger charge is -2.28. The van der Waals surface area contributed by atoms with Gasteiger partial charge in [0, 0.05) is 17.5 Å². The number of rotatable bonds is 3. The van der Waals surface area contributed by atoms with Crippen molar-refractivity contribution in [2.75, 3.05) is 0 Å². The van der Waals surface area contributed by atoms with Crippen LogP contribution in [0, 0.1) is 5.92 Å². The molecular weight excluding hydrogens is 254 g/mol. The molecule has 0 saturated heterocycles. The van der Waals surface area contributed by atoms with Crippen LogP contribution < -0.4 is 5.32 Å². The minimum atomic E-state index is 0.116. The highest BCUT2D eigenvalue weighted by atomic mass is 15.0. The van der Waals surface area contributed by atoms with Crippen LogP contribution in [0.1, 0.15) is 65.6 Å². The Balaban J connectivity index is 2.44. The largest absolute Gasteiger partial charge is 0.306 e. The highest BCUT2D eigenvalue weighted by Gasteiger charge is 2.24. The van der Waals surface area contributed by atoms with Crippen LogP contribution in [0.25, 0.3) is 5.57 Å². The van der Waals surface area contributed by atoms with Gasteiger partial charge < -0.3 is 5.32 Å². The summed E-state index contributed by atoms with van der Waals surface area (Å²) < 4.78 is 0. The minimum Gasteiger partial charge on any atom is -0.306 e. The second kappa shape index (κ2) is 5.81. The van der Waals surface area contributed by atoms with E-state index in [1.54, 1.807) is 0 Å². The first-order chi connectivity index (χ1) is 9.70. The van der Waals surface area contributed by atoms with Gasteiger partial charge in [0.15, 0.2) is 0 Å². The standard InChI is InChI=1S/C20H29N/c1-13-12-14(2)19(15(13)3)18-11-9-8-10-17(18)16(4)21-20(5,6)7/h8-12,14,16,21H,1-7H3. The first kappa shape index (κ1) is 16.0. The molecule has 1 aliphatic rings. The molecule has 0 heterocycles. The molecule has 2 rings (SSSR count). The molecule has 1 aromatic carbocycles. The van der Waals surface area contributed by atoms with E-state index >= 15 is 0 Å². The Morgan fingerprint density at radius 2 is 1.71 bits per heavy atom. The van der Waals surface area contributed by atoms with Gasteiger partial charge in [-0.15, -0.1) is 0 Å². The lowest BCUT2D eigenvalue weighted by Crippen LogP contribution is -2.38. The van der Waals surface area contributed by atoms with E-state index in [0.29, 0.717) is 12.0 Å². The average Bonchev–Trinajstić information content (AvgIpc) is 2.61. The molecule has 114 valence electrons. The van der Waals surface area contributed by atoms with Gasteiger partial charge in [-0.1, -0.05) is 42.8 Å². The summed E-state index contributed by atoms with van der Waals surface area (Å²) in [6.45, 7) is 15.7. The Bertz CT molecular complexity index is 584. The Labute approximate surface area is 130 Å². The number of benzene rings is 1. The molecular formula is C20H29N. The van der Waals surface area contributed by atoms with E-state index in [1.807, 2.05) is 0 Å². The summed E-state index contributed by atoms with van der Waals surface area (Å²) in [5.41, 5.74) is 7.27. The molecule has 1 nitrogen and oxygen atoms in total. The summed E-state index contributed by atoms with van der Waals surface area (Å²) in [4.78, 5) is 0. The molecule has 1 aromatic rings. The van der Waals surface area contributed by atoms with Crippen molar-refractivity contribution >= 4 is 5.57 Å². The van der Waals surface area contributed by atoms with Crippen LogP contribution in [-0.2, 0) is 0 Å². The third kappa shape index (κ3) is 3.47. The molecule has 1 heteroatoms. The maximum absolute atomic E-state index is 3.70. The normalized spacial score (nSPS) is 20.7. The molecule has 1 N–H and O–H groups in total. The summed E-state index contributed by atoms with van der Waals surface area (Å²) in [5, 5.41) is 3.70.